The number of fused-ring (bicyclic) bond motifs is 1. The zero-order valence-corrected chi connectivity index (χ0v) is 7.41. The van der Waals surface area contributed by atoms with Crippen molar-refractivity contribution in [2.24, 2.45) is 11.1 Å². The first kappa shape index (κ1) is 8.29. The van der Waals surface area contributed by atoms with E-state index < -0.39 is 11.6 Å². The molecular formula is C9H11NO3. The minimum atomic E-state index is -1.25. The van der Waals surface area contributed by atoms with Gasteiger partial charge in [0.05, 0.1) is 11.6 Å². The third kappa shape index (κ3) is 0.802. The fourth-order valence-electron chi connectivity index (χ4n) is 2.13. The maximum absolute atomic E-state index is 11.1. The molecule has 2 rings (SSSR count). The number of rotatable bonds is 1. The summed E-state index contributed by atoms with van der Waals surface area (Å²) in [5, 5.41) is 12.8. The Morgan fingerprint density at radius 3 is 3.08 bits per heavy atom. The van der Waals surface area contributed by atoms with E-state index in [1.807, 2.05) is 0 Å². The molecule has 13 heavy (non-hydrogen) atoms. The molecule has 0 aromatic carbocycles. The van der Waals surface area contributed by atoms with Gasteiger partial charge in [-0.15, -0.1) is 0 Å². The first-order chi connectivity index (χ1) is 6.09. The second kappa shape index (κ2) is 2.34. The molecule has 0 aromatic heterocycles. The van der Waals surface area contributed by atoms with Gasteiger partial charge in [0, 0.05) is 0 Å². The first-order valence-corrected chi connectivity index (χ1v) is 4.23. The first-order valence-electron chi connectivity index (χ1n) is 4.23. The summed E-state index contributed by atoms with van der Waals surface area (Å²) in [4.78, 5) is 16.1. The summed E-state index contributed by atoms with van der Waals surface area (Å²) < 4.78 is 0. The van der Waals surface area contributed by atoms with E-state index in [-0.39, 0.29) is 5.92 Å². The van der Waals surface area contributed by atoms with Crippen LogP contribution >= 0.6 is 0 Å². The van der Waals surface area contributed by atoms with Gasteiger partial charge >= 0.3 is 5.97 Å². The lowest BCUT2D eigenvalue weighted by Crippen LogP contribution is -2.43. The Morgan fingerprint density at radius 1 is 1.85 bits per heavy atom. The van der Waals surface area contributed by atoms with Crippen molar-refractivity contribution in [3.8, 4) is 0 Å². The smallest absolute Gasteiger partial charge is 0.356 e. The molecule has 2 unspecified atom stereocenters. The van der Waals surface area contributed by atoms with Crippen molar-refractivity contribution in [1.82, 2.24) is 0 Å². The summed E-state index contributed by atoms with van der Waals surface area (Å²) in [5.74, 6) is -1.09. The Morgan fingerprint density at radius 2 is 2.54 bits per heavy atom. The summed E-state index contributed by atoms with van der Waals surface area (Å²) in [6.07, 6.45) is 1.49. The molecule has 0 saturated heterocycles. The van der Waals surface area contributed by atoms with Crippen molar-refractivity contribution in [2.45, 2.75) is 25.4 Å². The monoisotopic (exact) mass is 181 g/mol. The van der Waals surface area contributed by atoms with Gasteiger partial charge in [0.1, 0.15) is 0 Å². The van der Waals surface area contributed by atoms with Gasteiger partial charge in [-0.1, -0.05) is 11.7 Å². The summed E-state index contributed by atoms with van der Waals surface area (Å²) in [6.45, 7) is 5.55. The summed E-state index contributed by atoms with van der Waals surface area (Å²) in [7, 11) is 0. The number of carbonyl (C=O) groups is 1. The van der Waals surface area contributed by atoms with Crippen molar-refractivity contribution in [3.63, 3.8) is 0 Å². The molecule has 2 aliphatic rings. The van der Waals surface area contributed by atoms with Gasteiger partial charge in [-0.3, -0.25) is 0 Å². The Kier molecular flexibility index (Phi) is 1.49. The van der Waals surface area contributed by atoms with Crippen LogP contribution in [0.25, 0.3) is 0 Å². The highest BCUT2D eigenvalue weighted by Gasteiger charge is 2.59. The van der Waals surface area contributed by atoms with Crippen LogP contribution in [0.15, 0.2) is 17.3 Å². The van der Waals surface area contributed by atoms with Crippen molar-refractivity contribution < 1.29 is 14.7 Å². The van der Waals surface area contributed by atoms with Crippen molar-refractivity contribution >= 4 is 11.7 Å². The summed E-state index contributed by atoms with van der Waals surface area (Å²) >= 11 is 0. The molecule has 1 fully saturated rings. The number of hydrogen-bond acceptors (Lipinski definition) is 3. The second-order valence-electron chi connectivity index (χ2n) is 3.56. The van der Waals surface area contributed by atoms with Gasteiger partial charge in [0.15, 0.2) is 0 Å². The summed E-state index contributed by atoms with van der Waals surface area (Å²) in [6, 6.07) is 0. The van der Waals surface area contributed by atoms with Crippen LogP contribution in [-0.2, 0) is 9.63 Å². The molecule has 4 nitrogen and oxygen atoms in total. The molecule has 1 N–H and O–H groups in total. The van der Waals surface area contributed by atoms with E-state index >= 15 is 0 Å². The maximum Gasteiger partial charge on any atom is 0.356 e. The van der Waals surface area contributed by atoms with E-state index in [1.165, 1.54) is 0 Å². The van der Waals surface area contributed by atoms with E-state index in [2.05, 4.69) is 11.7 Å². The van der Waals surface area contributed by atoms with Crippen LogP contribution in [0.4, 0.5) is 0 Å². The van der Waals surface area contributed by atoms with Crippen LogP contribution in [0.1, 0.15) is 19.8 Å². The van der Waals surface area contributed by atoms with Crippen LogP contribution in [0.5, 0.6) is 0 Å². The van der Waals surface area contributed by atoms with E-state index in [1.54, 1.807) is 6.92 Å². The van der Waals surface area contributed by atoms with Gasteiger partial charge in [0.25, 0.3) is 5.60 Å². The van der Waals surface area contributed by atoms with Crippen LogP contribution in [-0.4, -0.2) is 22.4 Å². The predicted octanol–water partition coefficient (Wildman–Crippen LogP) is 1.18. The number of carboxylic acids is 1. The topological polar surface area (TPSA) is 58.9 Å². The number of oxime groups is 1. The molecule has 0 bridgehead atoms. The molecule has 1 saturated carbocycles. The number of aliphatic carboxylic acids is 1. The molecular weight excluding hydrogens is 170 g/mol. The Hall–Kier alpha value is -1.32. The zero-order chi connectivity index (χ0) is 9.64. The molecule has 0 spiro atoms. The maximum atomic E-state index is 11.1. The molecule has 70 valence electrons. The highest BCUT2D eigenvalue weighted by molar-refractivity contribution is 5.97. The normalized spacial score (nSPS) is 36.8. The minimum Gasteiger partial charge on any atom is -0.478 e. The fraction of sp³-hybridized carbons (Fsp3) is 0.556. The highest BCUT2D eigenvalue weighted by Crippen LogP contribution is 2.46. The quantitative estimate of drug-likeness (QED) is 0.618. The second-order valence-corrected chi connectivity index (χ2v) is 3.56. The van der Waals surface area contributed by atoms with Gasteiger partial charge < -0.3 is 9.94 Å². The Balaban J connectivity index is 2.45. The average Bonchev–Trinajstić information content (AvgIpc) is 2.55. The number of nitrogens with zero attached hydrogens (tertiary/aromatic N) is 1. The van der Waals surface area contributed by atoms with Crippen LogP contribution in [0.3, 0.4) is 0 Å². The number of hydrogen-bond donors (Lipinski definition) is 1. The van der Waals surface area contributed by atoms with Gasteiger partial charge in [0.2, 0.25) is 0 Å². The van der Waals surface area contributed by atoms with Crippen molar-refractivity contribution in [2.75, 3.05) is 0 Å². The molecule has 0 aromatic rings. The van der Waals surface area contributed by atoms with Gasteiger partial charge in [-0.25, -0.2) is 4.79 Å². The van der Waals surface area contributed by atoms with Crippen LogP contribution in [0.2, 0.25) is 0 Å². The average molecular weight is 181 g/mol. The van der Waals surface area contributed by atoms with E-state index in [0.717, 1.165) is 12.1 Å². The summed E-state index contributed by atoms with van der Waals surface area (Å²) in [5.41, 5.74) is 0.149. The molecule has 1 heterocycles. The Labute approximate surface area is 75.9 Å². The minimum absolute atomic E-state index is 0.113. The lowest BCUT2D eigenvalue weighted by molar-refractivity contribution is -0.159. The van der Waals surface area contributed by atoms with Crippen molar-refractivity contribution in [1.29, 1.82) is 0 Å². The van der Waals surface area contributed by atoms with Crippen LogP contribution < -0.4 is 0 Å². The zero-order valence-electron chi connectivity index (χ0n) is 7.41. The number of carboxylic acid groups (broad SMARTS) is 1. The molecule has 2 atom stereocenters. The van der Waals surface area contributed by atoms with E-state index in [0.29, 0.717) is 12.0 Å². The standard InChI is InChI=1S/C9H11NO3/c1-5-3-4-7-6(2)10-13-9(5,7)8(11)12/h7H,1,3-4H2,2H3,(H,11,12). The van der Waals surface area contributed by atoms with Gasteiger partial charge in [-0.05, 0) is 25.3 Å². The Bertz CT molecular complexity index is 321. The molecule has 1 aliphatic heterocycles. The van der Waals surface area contributed by atoms with Crippen LogP contribution in [0, 0.1) is 5.92 Å². The lowest BCUT2D eigenvalue weighted by atomic mass is 9.86. The lowest BCUT2D eigenvalue weighted by Gasteiger charge is -2.22. The highest BCUT2D eigenvalue weighted by atomic mass is 16.7. The molecule has 1 aliphatic carbocycles. The molecule has 0 amide bonds. The van der Waals surface area contributed by atoms with E-state index in [4.69, 9.17) is 9.94 Å². The van der Waals surface area contributed by atoms with Crippen molar-refractivity contribution in [3.05, 3.63) is 12.2 Å². The predicted molar refractivity (Wildman–Crippen MR) is 46.4 cm³/mol. The third-order valence-corrected chi connectivity index (χ3v) is 2.91. The third-order valence-electron chi connectivity index (χ3n) is 2.91. The van der Waals surface area contributed by atoms with E-state index in [9.17, 15) is 4.79 Å². The SMILES string of the molecule is C=C1CCC2C(C)=NOC12C(=O)O. The van der Waals surface area contributed by atoms with Gasteiger partial charge in [-0.2, -0.15) is 0 Å². The largest absolute Gasteiger partial charge is 0.478 e. The fourth-order valence-corrected chi connectivity index (χ4v) is 2.13. The molecule has 4 heteroatoms. The molecule has 0 radical (unpaired) electrons.